The molecule has 0 heterocycles. The molecule has 0 aliphatic carbocycles. The molecule has 0 aromatic heterocycles. The largest absolute Gasteiger partial charge is 0.335 e. The van der Waals surface area contributed by atoms with Crippen molar-refractivity contribution >= 4 is 5.91 Å². The van der Waals surface area contributed by atoms with Gasteiger partial charge in [-0.15, -0.1) is 0 Å². The minimum Gasteiger partial charge on any atom is -0.335 e. The van der Waals surface area contributed by atoms with Gasteiger partial charge in [-0.3, -0.25) is 4.79 Å². The minimum atomic E-state index is -0.886. The zero-order valence-corrected chi connectivity index (χ0v) is 10.3. The zero-order valence-electron chi connectivity index (χ0n) is 10.3. The number of halogens is 2. The molecule has 0 aliphatic rings. The Hall–Kier alpha value is -1.96. The molecule has 0 spiro atoms. The first kappa shape index (κ1) is 14.1. The summed E-state index contributed by atoms with van der Waals surface area (Å²) in [6, 6.07) is 4.62. The normalized spacial score (nSPS) is 10.2. The van der Waals surface area contributed by atoms with Crippen molar-refractivity contribution in [3.05, 3.63) is 35.4 Å². The van der Waals surface area contributed by atoms with E-state index in [-0.39, 0.29) is 24.6 Å². The van der Waals surface area contributed by atoms with Crippen LogP contribution in [-0.2, 0) is 0 Å². The van der Waals surface area contributed by atoms with E-state index in [1.54, 1.807) is 13.8 Å². The lowest BCUT2D eigenvalue weighted by Crippen LogP contribution is -2.38. The first-order valence-electron chi connectivity index (χ1n) is 5.60. The highest BCUT2D eigenvalue weighted by Gasteiger charge is 2.21. The van der Waals surface area contributed by atoms with Gasteiger partial charge in [-0.05, 0) is 26.0 Å². The van der Waals surface area contributed by atoms with E-state index in [4.69, 9.17) is 5.26 Å². The number of nitrogens with zero attached hydrogens (tertiary/aromatic N) is 2. The molecule has 0 unspecified atom stereocenters. The maximum atomic E-state index is 13.5. The van der Waals surface area contributed by atoms with Gasteiger partial charge in [-0.1, -0.05) is 0 Å². The predicted molar refractivity (Wildman–Crippen MR) is 62.8 cm³/mol. The number of amides is 1. The third-order valence-corrected chi connectivity index (χ3v) is 2.51. The van der Waals surface area contributed by atoms with Crippen molar-refractivity contribution < 1.29 is 13.6 Å². The van der Waals surface area contributed by atoms with Crippen LogP contribution in [0.2, 0.25) is 0 Å². The number of rotatable bonds is 4. The molecule has 96 valence electrons. The average Bonchev–Trinajstić information content (AvgIpc) is 2.28. The second-order valence-electron chi connectivity index (χ2n) is 4.12. The van der Waals surface area contributed by atoms with Gasteiger partial charge in [0.2, 0.25) is 0 Å². The lowest BCUT2D eigenvalue weighted by molar-refractivity contribution is 0.0705. The maximum absolute atomic E-state index is 13.5. The second kappa shape index (κ2) is 6.10. The molecule has 0 radical (unpaired) electrons. The molecule has 0 saturated heterocycles. The van der Waals surface area contributed by atoms with Crippen LogP contribution in [0.3, 0.4) is 0 Å². The summed E-state index contributed by atoms with van der Waals surface area (Å²) in [5, 5.41) is 8.53. The van der Waals surface area contributed by atoms with Gasteiger partial charge in [-0.25, -0.2) is 8.78 Å². The van der Waals surface area contributed by atoms with Crippen molar-refractivity contribution in [2.45, 2.75) is 26.3 Å². The zero-order chi connectivity index (χ0) is 13.7. The fourth-order valence-corrected chi connectivity index (χ4v) is 1.58. The molecule has 1 rings (SSSR count). The molecule has 0 atom stereocenters. The van der Waals surface area contributed by atoms with Gasteiger partial charge in [0.25, 0.3) is 5.91 Å². The van der Waals surface area contributed by atoms with E-state index in [1.165, 1.54) is 4.90 Å². The Balaban J connectivity index is 2.99. The van der Waals surface area contributed by atoms with Crippen LogP contribution in [0.25, 0.3) is 0 Å². The fraction of sp³-hybridized carbons (Fsp3) is 0.385. The maximum Gasteiger partial charge on any atom is 0.257 e. The Morgan fingerprint density at radius 3 is 2.61 bits per heavy atom. The minimum absolute atomic E-state index is 0.157. The monoisotopic (exact) mass is 252 g/mol. The Bertz CT molecular complexity index is 480. The van der Waals surface area contributed by atoms with E-state index >= 15 is 0 Å². The average molecular weight is 252 g/mol. The van der Waals surface area contributed by atoms with E-state index in [1.807, 2.05) is 6.07 Å². The SMILES string of the molecule is CC(C)N(CCC#N)C(=O)c1ccc(F)cc1F. The topological polar surface area (TPSA) is 44.1 Å². The molecule has 0 saturated carbocycles. The molecular weight excluding hydrogens is 238 g/mol. The van der Waals surface area contributed by atoms with Crippen molar-refractivity contribution in [3.63, 3.8) is 0 Å². The van der Waals surface area contributed by atoms with Gasteiger partial charge in [0.15, 0.2) is 0 Å². The number of nitriles is 1. The van der Waals surface area contributed by atoms with Gasteiger partial charge in [-0.2, -0.15) is 5.26 Å². The molecule has 0 aliphatic heterocycles. The van der Waals surface area contributed by atoms with Gasteiger partial charge < -0.3 is 4.90 Å². The standard InChI is InChI=1S/C13H14F2N2O/c1-9(2)17(7-3-6-16)13(18)11-5-4-10(14)8-12(11)15/h4-5,8-9H,3,7H2,1-2H3. The summed E-state index contributed by atoms with van der Waals surface area (Å²) in [5.41, 5.74) is -0.178. The molecule has 0 fully saturated rings. The summed E-state index contributed by atoms with van der Waals surface area (Å²) in [7, 11) is 0. The van der Waals surface area contributed by atoms with Gasteiger partial charge >= 0.3 is 0 Å². The lowest BCUT2D eigenvalue weighted by Gasteiger charge is -2.26. The Morgan fingerprint density at radius 2 is 2.11 bits per heavy atom. The smallest absolute Gasteiger partial charge is 0.257 e. The number of hydrogen-bond donors (Lipinski definition) is 0. The third-order valence-electron chi connectivity index (χ3n) is 2.51. The number of carbonyl (C=O) groups excluding carboxylic acids is 1. The summed E-state index contributed by atoms with van der Waals surface area (Å²) in [4.78, 5) is 13.5. The van der Waals surface area contributed by atoms with Crippen LogP contribution in [-0.4, -0.2) is 23.4 Å². The third kappa shape index (κ3) is 3.27. The molecular formula is C13H14F2N2O. The quantitative estimate of drug-likeness (QED) is 0.827. The molecule has 3 nitrogen and oxygen atoms in total. The van der Waals surface area contributed by atoms with Crippen LogP contribution in [0.15, 0.2) is 18.2 Å². The highest BCUT2D eigenvalue weighted by molar-refractivity contribution is 5.94. The Morgan fingerprint density at radius 1 is 1.44 bits per heavy atom. The summed E-state index contributed by atoms with van der Waals surface area (Å²) < 4.78 is 26.3. The molecule has 1 aromatic rings. The fourth-order valence-electron chi connectivity index (χ4n) is 1.58. The predicted octanol–water partition coefficient (Wildman–Crippen LogP) is 2.73. The van der Waals surface area contributed by atoms with Crippen molar-refractivity contribution in [1.82, 2.24) is 4.90 Å². The molecule has 0 bridgehead atoms. The molecule has 0 N–H and O–H groups in total. The van der Waals surface area contributed by atoms with Gasteiger partial charge in [0, 0.05) is 18.7 Å². The van der Waals surface area contributed by atoms with E-state index < -0.39 is 17.5 Å². The lowest BCUT2D eigenvalue weighted by atomic mass is 10.1. The van der Waals surface area contributed by atoms with E-state index in [0.717, 1.165) is 12.1 Å². The van der Waals surface area contributed by atoms with Crippen LogP contribution < -0.4 is 0 Å². The number of carbonyl (C=O) groups is 1. The first-order chi connectivity index (χ1) is 8.47. The van der Waals surface area contributed by atoms with Crippen molar-refractivity contribution in [2.75, 3.05) is 6.54 Å². The second-order valence-corrected chi connectivity index (χ2v) is 4.12. The highest BCUT2D eigenvalue weighted by Crippen LogP contribution is 2.14. The van der Waals surface area contributed by atoms with Crippen molar-refractivity contribution in [2.24, 2.45) is 0 Å². The summed E-state index contributed by atoms with van der Waals surface area (Å²) >= 11 is 0. The first-order valence-corrected chi connectivity index (χ1v) is 5.60. The van der Waals surface area contributed by atoms with E-state index in [9.17, 15) is 13.6 Å². The Kier molecular flexibility index (Phi) is 4.78. The van der Waals surface area contributed by atoms with Crippen LogP contribution in [0, 0.1) is 23.0 Å². The molecule has 1 amide bonds. The van der Waals surface area contributed by atoms with Gasteiger partial charge in [0.1, 0.15) is 11.6 Å². The van der Waals surface area contributed by atoms with Crippen LogP contribution in [0.5, 0.6) is 0 Å². The van der Waals surface area contributed by atoms with Crippen molar-refractivity contribution in [1.29, 1.82) is 5.26 Å². The van der Waals surface area contributed by atoms with Crippen LogP contribution >= 0.6 is 0 Å². The number of benzene rings is 1. The molecule has 1 aromatic carbocycles. The Labute approximate surface area is 105 Å². The highest BCUT2D eigenvalue weighted by atomic mass is 19.1. The molecule has 5 heteroatoms. The molecule has 18 heavy (non-hydrogen) atoms. The van der Waals surface area contributed by atoms with E-state index in [0.29, 0.717) is 6.07 Å². The van der Waals surface area contributed by atoms with Crippen LogP contribution in [0.1, 0.15) is 30.6 Å². The van der Waals surface area contributed by atoms with Crippen molar-refractivity contribution in [3.8, 4) is 6.07 Å². The van der Waals surface area contributed by atoms with E-state index in [2.05, 4.69) is 0 Å². The summed E-state index contributed by atoms with van der Waals surface area (Å²) in [6.45, 7) is 3.78. The number of hydrogen-bond acceptors (Lipinski definition) is 2. The summed E-state index contributed by atoms with van der Waals surface area (Å²) in [6.07, 6.45) is 0.173. The van der Waals surface area contributed by atoms with Gasteiger partial charge in [0.05, 0.1) is 18.1 Å². The summed E-state index contributed by atoms with van der Waals surface area (Å²) in [5.74, 6) is -2.14. The van der Waals surface area contributed by atoms with Crippen LogP contribution in [0.4, 0.5) is 8.78 Å².